The van der Waals surface area contributed by atoms with Crippen LogP contribution in [0.15, 0.2) is 17.2 Å². The summed E-state index contributed by atoms with van der Waals surface area (Å²) in [5.74, 6) is 0.611. The second-order valence-electron chi connectivity index (χ2n) is 3.42. The van der Waals surface area contributed by atoms with Crippen molar-refractivity contribution < 1.29 is 4.92 Å². The first kappa shape index (κ1) is 13.3. The Morgan fingerprint density at radius 3 is 2.81 bits per heavy atom. The Kier molecular flexibility index (Phi) is 5.02. The Labute approximate surface area is 104 Å². The molecule has 1 aromatic heterocycles. The normalized spacial score (nSPS) is 12.4. The SMILES string of the molecule is Cc1nc(SC(C)CCCl)ccc1[N+](=O)[O-]. The first-order valence-electron chi connectivity index (χ1n) is 4.89. The fourth-order valence-electron chi connectivity index (χ4n) is 1.21. The van der Waals surface area contributed by atoms with Crippen LogP contribution in [-0.4, -0.2) is 21.0 Å². The van der Waals surface area contributed by atoms with Crippen molar-refractivity contribution in [2.24, 2.45) is 0 Å². The fraction of sp³-hybridized carbons (Fsp3) is 0.500. The number of thioether (sulfide) groups is 1. The second-order valence-corrected chi connectivity index (χ2v) is 5.25. The average Bonchev–Trinajstić information content (AvgIpc) is 2.17. The zero-order valence-corrected chi connectivity index (χ0v) is 10.7. The van der Waals surface area contributed by atoms with E-state index < -0.39 is 4.92 Å². The lowest BCUT2D eigenvalue weighted by Crippen LogP contribution is -1.99. The molecule has 0 aromatic carbocycles. The Morgan fingerprint density at radius 2 is 2.31 bits per heavy atom. The lowest BCUT2D eigenvalue weighted by Gasteiger charge is -2.08. The number of hydrogen-bond acceptors (Lipinski definition) is 4. The van der Waals surface area contributed by atoms with Crippen molar-refractivity contribution in [2.45, 2.75) is 30.5 Å². The summed E-state index contributed by atoms with van der Waals surface area (Å²) >= 11 is 7.22. The molecule has 6 heteroatoms. The number of rotatable bonds is 5. The molecule has 0 aliphatic heterocycles. The Balaban J connectivity index is 2.77. The predicted molar refractivity (Wildman–Crippen MR) is 66.3 cm³/mol. The highest BCUT2D eigenvalue weighted by atomic mass is 35.5. The molecule has 1 heterocycles. The van der Waals surface area contributed by atoms with Gasteiger partial charge in [-0.05, 0) is 19.4 Å². The van der Waals surface area contributed by atoms with E-state index in [9.17, 15) is 10.1 Å². The summed E-state index contributed by atoms with van der Waals surface area (Å²) in [6, 6.07) is 3.18. The van der Waals surface area contributed by atoms with Gasteiger partial charge in [-0.1, -0.05) is 6.92 Å². The first-order chi connectivity index (χ1) is 7.54. The summed E-state index contributed by atoms with van der Waals surface area (Å²) in [5.41, 5.74) is 0.516. The zero-order valence-electron chi connectivity index (χ0n) is 9.14. The van der Waals surface area contributed by atoms with Crippen molar-refractivity contribution in [3.05, 3.63) is 27.9 Å². The summed E-state index contributed by atoms with van der Waals surface area (Å²) in [5, 5.41) is 11.8. The van der Waals surface area contributed by atoms with Crippen LogP contribution in [0.4, 0.5) is 5.69 Å². The molecule has 0 fully saturated rings. The van der Waals surface area contributed by atoms with Gasteiger partial charge in [0.15, 0.2) is 0 Å². The third kappa shape index (κ3) is 3.64. The van der Waals surface area contributed by atoms with Crippen LogP contribution in [0.1, 0.15) is 19.0 Å². The highest BCUT2D eigenvalue weighted by Gasteiger charge is 2.13. The third-order valence-electron chi connectivity index (χ3n) is 2.07. The van der Waals surface area contributed by atoms with Gasteiger partial charge in [0.2, 0.25) is 0 Å². The molecule has 0 amide bonds. The quantitative estimate of drug-likeness (QED) is 0.352. The van der Waals surface area contributed by atoms with Crippen LogP contribution in [0, 0.1) is 17.0 Å². The van der Waals surface area contributed by atoms with Crippen LogP contribution in [0.25, 0.3) is 0 Å². The number of nitrogens with zero attached hydrogens (tertiary/aromatic N) is 2. The number of alkyl halides is 1. The molecule has 4 nitrogen and oxygen atoms in total. The van der Waals surface area contributed by atoms with Crippen LogP contribution in [0.2, 0.25) is 0 Å². The smallest absolute Gasteiger partial charge is 0.258 e. The molecule has 88 valence electrons. The first-order valence-corrected chi connectivity index (χ1v) is 6.30. The number of aromatic nitrogens is 1. The van der Waals surface area contributed by atoms with Crippen molar-refractivity contribution >= 4 is 29.1 Å². The third-order valence-corrected chi connectivity index (χ3v) is 3.39. The molecule has 0 spiro atoms. The van der Waals surface area contributed by atoms with Gasteiger partial charge in [-0.15, -0.1) is 23.4 Å². The second kappa shape index (κ2) is 6.06. The van der Waals surface area contributed by atoms with E-state index in [0.717, 1.165) is 11.4 Å². The van der Waals surface area contributed by atoms with Crippen molar-refractivity contribution in [1.29, 1.82) is 0 Å². The van der Waals surface area contributed by atoms with E-state index in [2.05, 4.69) is 11.9 Å². The maximum atomic E-state index is 10.6. The van der Waals surface area contributed by atoms with Gasteiger partial charge in [0.25, 0.3) is 5.69 Å². The maximum Gasteiger partial charge on any atom is 0.290 e. The number of nitro groups is 1. The fourth-order valence-corrected chi connectivity index (χ4v) is 2.65. The van der Waals surface area contributed by atoms with E-state index in [-0.39, 0.29) is 5.69 Å². The molecule has 0 radical (unpaired) electrons. The summed E-state index contributed by atoms with van der Waals surface area (Å²) < 4.78 is 0. The minimum atomic E-state index is -0.418. The summed E-state index contributed by atoms with van der Waals surface area (Å²) in [7, 11) is 0. The van der Waals surface area contributed by atoms with Gasteiger partial charge in [0.05, 0.1) is 9.95 Å². The maximum absolute atomic E-state index is 10.6. The minimum Gasteiger partial charge on any atom is -0.258 e. The topological polar surface area (TPSA) is 56.0 Å². The number of hydrogen-bond donors (Lipinski definition) is 0. The number of pyridine rings is 1. The number of aryl methyl sites for hydroxylation is 1. The number of halogens is 1. The molecule has 1 rings (SSSR count). The molecule has 0 saturated carbocycles. The van der Waals surface area contributed by atoms with Gasteiger partial charge >= 0.3 is 0 Å². The van der Waals surface area contributed by atoms with Gasteiger partial charge in [-0.2, -0.15) is 0 Å². The summed E-state index contributed by atoms with van der Waals surface area (Å²) in [4.78, 5) is 14.4. The van der Waals surface area contributed by atoms with Gasteiger partial charge in [-0.3, -0.25) is 10.1 Å². The zero-order chi connectivity index (χ0) is 12.1. The van der Waals surface area contributed by atoms with Crippen molar-refractivity contribution in [2.75, 3.05) is 5.88 Å². The van der Waals surface area contributed by atoms with E-state index >= 15 is 0 Å². The minimum absolute atomic E-state index is 0.0642. The average molecular weight is 261 g/mol. The molecular weight excluding hydrogens is 248 g/mol. The van der Waals surface area contributed by atoms with Crippen LogP contribution in [-0.2, 0) is 0 Å². The monoisotopic (exact) mass is 260 g/mol. The van der Waals surface area contributed by atoms with Crippen LogP contribution >= 0.6 is 23.4 Å². The lowest BCUT2D eigenvalue weighted by molar-refractivity contribution is -0.385. The van der Waals surface area contributed by atoms with E-state index in [1.807, 2.05) is 0 Å². The van der Waals surface area contributed by atoms with Gasteiger partial charge in [-0.25, -0.2) is 4.98 Å². The summed E-state index contributed by atoms with van der Waals surface area (Å²) in [6.07, 6.45) is 0.893. The highest BCUT2D eigenvalue weighted by molar-refractivity contribution is 7.99. The molecule has 1 unspecified atom stereocenters. The van der Waals surface area contributed by atoms with E-state index in [1.54, 1.807) is 24.8 Å². The van der Waals surface area contributed by atoms with Gasteiger partial charge in [0, 0.05) is 17.2 Å². The Bertz CT molecular complexity index is 387. The molecule has 1 aromatic rings. The van der Waals surface area contributed by atoms with Crippen LogP contribution in [0.3, 0.4) is 0 Å². The van der Waals surface area contributed by atoms with Crippen LogP contribution < -0.4 is 0 Å². The molecule has 16 heavy (non-hydrogen) atoms. The Hall–Kier alpha value is -0.810. The molecule has 0 bridgehead atoms. The van der Waals surface area contributed by atoms with Crippen molar-refractivity contribution in [3.63, 3.8) is 0 Å². The molecule has 1 atom stereocenters. The summed E-state index contributed by atoms with van der Waals surface area (Å²) in [6.45, 7) is 3.71. The predicted octanol–water partition coefficient (Wildman–Crippen LogP) is 3.41. The molecule has 0 aliphatic carbocycles. The molecule has 0 aliphatic rings. The van der Waals surface area contributed by atoms with Crippen molar-refractivity contribution in [1.82, 2.24) is 4.98 Å². The van der Waals surface area contributed by atoms with Crippen molar-refractivity contribution in [3.8, 4) is 0 Å². The highest BCUT2D eigenvalue weighted by Crippen LogP contribution is 2.26. The molecule has 0 N–H and O–H groups in total. The molecular formula is C10H13ClN2O2S. The van der Waals surface area contributed by atoms with Crippen LogP contribution in [0.5, 0.6) is 0 Å². The van der Waals surface area contributed by atoms with Gasteiger partial charge < -0.3 is 0 Å². The van der Waals surface area contributed by atoms with Gasteiger partial charge in [0.1, 0.15) is 5.69 Å². The Morgan fingerprint density at radius 1 is 1.62 bits per heavy atom. The largest absolute Gasteiger partial charge is 0.290 e. The molecule has 0 saturated heterocycles. The van der Waals surface area contributed by atoms with E-state index in [0.29, 0.717) is 16.8 Å². The lowest BCUT2D eigenvalue weighted by atomic mass is 10.3. The van der Waals surface area contributed by atoms with E-state index in [4.69, 9.17) is 11.6 Å². The van der Waals surface area contributed by atoms with E-state index in [1.165, 1.54) is 6.07 Å². The standard InChI is InChI=1S/C10H13ClN2O2S/c1-7(5-6-11)16-10-4-3-9(13(14)15)8(2)12-10/h3-4,7H,5-6H2,1-2H3.